The van der Waals surface area contributed by atoms with Gasteiger partial charge in [-0.05, 0) is 43.1 Å². The third-order valence-electron chi connectivity index (χ3n) is 3.01. The van der Waals surface area contributed by atoms with Gasteiger partial charge < -0.3 is 10.5 Å². The number of rotatable bonds is 9. The average Bonchev–Trinajstić information content (AvgIpc) is 2.55. The highest BCUT2D eigenvalue weighted by atomic mass is 32.2. The third-order valence-corrected chi connectivity index (χ3v) is 4.85. The molecule has 0 fully saturated rings. The molecular formula is C17H18F2N2O2S2. The van der Waals surface area contributed by atoms with Crippen molar-refractivity contribution in [1.82, 2.24) is 4.72 Å². The Bertz CT molecular complexity index is 704. The van der Waals surface area contributed by atoms with Crippen LogP contribution in [0.1, 0.15) is 5.56 Å². The Kier molecular flexibility index (Phi) is 7.54. The van der Waals surface area contributed by atoms with Gasteiger partial charge in [-0.3, -0.25) is 9.52 Å². The molecule has 0 radical (unpaired) electrons. The van der Waals surface area contributed by atoms with Crippen LogP contribution in [0.25, 0.3) is 0 Å². The van der Waals surface area contributed by atoms with Crippen LogP contribution in [0.2, 0.25) is 0 Å². The van der Waals surface area contributed by atoms with Crippen LogP contribution in [-0.4, -0.2) is 24.8 Å². The number of aryl methyl sites for hydroxylation is 1. The van der Waals surface area contributed by atoms with Gasteiger partial charge in [-0.15, -0.1) is 11.8 Å². The number of ether oxygens (including phenoxy) is 1. The summed E-state index contributed by atoms with van der Waals surface area (Å²) in [4.78, 5) is 12.2. The third kappa shape index (κ3) is 6.56. The Morgan fingerprint density at radius 1 is 1.16 bits per heavy atom. The Hall–Kier alpha value is -1.77. The van der Waals surface area contributed by atoms with Gasteiger partial charge in [0, 0.05) is 22.1 Å². The van der Waals surface area contributed by atoms with E-state index in [4.69, 9.17) is 10.5 Å². The van der Waals surface area contributed by atoms with Crippen molar-refractivity contribution in [2.24, 2.45) is 5.73 Å². The number of nitrogens with two attached hydrogens (primary N) is 1. The summed E-state index contributed by atoms with van der Waals surface area (Å²) in [5.41, 5.74) is 6.09. The van der Waals surface area contributed by atoms with Crippen molar-refractivity contribution in [3.05, 3.63) is 53.6 Å². The van der Waals surface area contributed by atoms with Crippen LogP contribution in [0.3, 0.4) is 0 Å². The van der Waals surface area contributed by atoms with E-state index < -0.39 is 29.9 Å². The summed E-state index contributed by atoms with van der Waals surface area (Å²) in [5, 5.41) is 0. The predicted molar refractivity (Wildman–Crippen MR) is 96.8 cm³/mol. The number of carbonyl (C=O) groups excluding carboxylic acids is 1. The summed E-state index contributed by atoms with van der Waals surface area (Å²) in [5.74, 6) is -2.46. The van der Waals surface area contributed by atoms with E-state index >= 15 is 0 Å². The highest BCUT2D eigenvalue weighted by Crippen LogP contribution is 2.28. The fourth-order valence-electron chi connectivity index (χ4n) is 1.85. The maximum Gasteiger partial charge on any atom is 0.255 e. The van der Waals surface area contributed by atoms with Gasteiger partial charge in [-0.2, -0.15) is 0 Å². The largest absolute Gasteiger partial charge is 0.478 e. The molecule has 0 aromatic heterocycles. The number of amides is 1. The molecule has 2 aromatic carbocycles. The first-order valence-corrected chi connectivity index (χ1v) is 9.25. The Morgan fingerprint density at radius 2 is 1.80 bits per heavy atom. The topological polar surface area (TPSA) is 64.3 Å². The van der Waals surface area contributed by atoms with E-state index in [9.17, 15) is 13.6 Å². The Balaban J connectivity index is 1.78. The van der Waals surface area contributed by atoms with Gasteiger partial charge in [0.2, 0.25) is 0 Å². The van der Waals surface area contributed by atoms with E-state index in [0.29, 0.717) is 17.2 Å². The molecule has 0 atom stereocenters. The number of primary amides is 1. The van der Waals surface area contributed by atoms with Crippen LogP contribution in [-0.2, 0) is 4.79 Å². The second kappa shape index (κ2) is 9.65. The zero-order valence-corrected chi connectivity index (χ0v) is 15.2. The molecular weight excluding hydrogens is 366 g/mol. The maximum absolute atomic E-state index is 13.8. The number of carbonyl (C=O) groups is 1. The summed E-state index contributed by atoms with van der Waals surface area (Å²) >= 11 is 2.82. The monoisotopic (exact) mass is 384 g/mol. The predicted octanol–water partition coefficient (Wildman–Crippen LogP) is 3.53. The summed E-state index contributed by atoms with van der Waals surface area (Å²) in [6.45, 7) is 2.12. The van der Waals surface area contributed by atoms with Gasteiger partial charge in [0.25, 0.3) is 5.91 Å². The lowest BCUT2D eigenvalue weighted by atomic mass is 10.2. The molecule has 3 N–H and O–H groups in total. The summed E-state index contributed by atoms with van der Waals surface area (Å²) in [7, 11) is 0. The zero-order valence-electron chi connectivity index (χ0n) is 13.6. The number of benzene rings is 2. The van der Waals surface area contributed by atoms with E-state index in [1.807, 2.05) is 31.2 Å². The van der Waals surface area contributed by atoms with Gasteiger partial charge >= 0.3 is 0 Å². The standard InChI is InChI=1S/C17H18F2N2O2S2/c1-11-2-4-12(5-3-11)25-21-6-7-24-13-8-14(18)17(15(19)9-13)23-10-16(20)22/h2-5,8-9,21H,6-7,10H2,1H3,(H2,20,22). The molecule has 0 aliphatic rings. The average molecular weight is 384 g/mol. The van der Waals surface area contributed by atoms with Gasteiger partial charge in [0.1, 0.15) is 0 Å². The minimum atomic E-state index is -0.856. The van der Waals surface area contributed by atoms with Crippen molar-refractivity contribution >= 4 is 29.6 Å². The molecule has 134 valence electrons. The summed E-state index contributed by atoms with van der Waals surface area (Å²) < 4.78 is 35.6. The van der Waals surface area contributed by atoms with Crippen LogP contribution in [0.15, 0.2) is 46.2 Å². The number of thioether (sulfide) groups is 1. The van der Waals surface area contributed by atoms with Gasteiger partial charge in [0.15, 0.2) is 24.0 Å². The Morgan fingerprint density at radius 3 is 2.40 bits per heavy atom. The van der Waals surface area contributed by atoms with E-state index in [0.717, 1.165) is 4.90 Å². The molecule has 2 rings (SSSR count). The van der Waals surface area contributed by atoms with E-state index in [-0.39, 0.29) is 0 Å². The first-order chi connectivity index (χ1) is 12.0. The number of hydrogen-bond acceptors (Lipinski definition) is 5. The first kappa shape index (κ1) is 19.6. The normalized spacial score (nSPS) is 10.7. The second-order valence-corrected chi connectivity index (χ2v) is 7.26. The molecule has 8 heteroatoms. The van der Waals surface area contributed by atoms with Crippen molar-refractivity contribution in [3.63, 3.8) is 0 Å². The molecule has 0 aliphatic heterocycles. The van der Waals surface area contributed by atoms with Crippen LogP contribution in [0.5, 0.6) is 5.75 Å². The van der Waals surface area contributed by atoms with Gasteiger partial charge in [-0.25, -0.2) is 8.78 Å². The fourth-order valence-corrected chi connectivity index (χ4v) is 3.44. The molecule has 0 saturated heterocycles. The van der Waals surface area contributed by atoms with Crippen molar-refractivity contribution < 1.29 is 18.3 Å². The minimum Gasteiger partial charge on any atom is -0.478 e. The van der Waals surface area contributed by atoms with Crippen molar-refractivity contribution in [2.45, 2.75) is 16.7 Å². The number of nitrogens with one attached hydrogen (secondary N) is 1. The molecule has 0 spiro atoms. The van der Waals surface area contributed by atoms with Crippen LogP contribution < -0.4 is 15.2 Å². The molecule has 4 nitrogen and oxygen atoms in total. The second-order valence-electron chi connectivity index (χ2n) is 5.13. The summed E-state index contributed by atoms with van der Waals surface area (Å²) in [6, 6.07) is 10.5. The Labute approximate surface area is 153 Å². The molecule has 0 aliphatic carbocycles. The SMILES string of the molecule is Cc1ccc(SNCCSc2cc(F)c(OCC(N)=O)c(F)c2)cc1. The lowest BCUT2D eigenvalue weighted by Crippen LogP contribution is -2.20. The van der Waals surface area contributed by atoms with E-state index in [2.05, 4.69) is 4.72 Å². The molecule has 25 heavy (non-hydrogen) atoms. The highest BCUT2D eigenvalue weighted by molar-refractivity contribution is 7.99. The lowest BCUT2D eigenvalue weighted by Gasteiger charge is -2.09. The van der Waals surface area contributed by atoms with Crippen LogP contribution in [0.4, 0.5) is 8.78 Å². The lowest BCUT2D eigenvalue weighted by molar-refractivity contribution is -0.120. The van der Waals surface area contributed by atoms with Crippen molar-refractivity contribution in [1.29, 1.82) is 0 Å². The number of hydrogen-bond donors (Lipinski definition) is 2. The van der Waals surface area contributed by atoms with Crippen molar-refractivity contribution in [3.8, 4) is 5.75 Å². The minimum absolute atomic E-state index is 0.448. The maximum atomic E-state index is 13.8. The fraction of sp³-hybridized carbons (Fsp3) is 0.235. The first-order valence-electron chi connectivity index (χ1n) is 7.45. The molecule has 0 bridgehead atoms. The van der Waals surface area contributed by atoms with Crippen molar-refractivity contribution in [2.75, 3.05) is 18.9 Å². The molecule has 0 unspecified atom stereocenters. The van der Waals surface area contributed by atoms with Crippen LogP contribution in [0, 0.1) is 18.6 Å². The highest BCUT2D eigenvalue weighted by Gasteiger charge is 2.13. The van der Waals surface area contributed by atoms with Gasteiger partial charge in [-0.1, -0.05) is 17.7 Å². The van der Waals surface area contributed by atoms with E-state index in [1.54, 1.807) is 0 Å². The smallest absolute Gasteiger partial charge is 0.255 e. The molecule has 1 amide bonds. The quantitative estimate of drug-likeness (QED) is 0.393. The number of halogens is 2. The molecule has 0 saturated carbocycles. The van der Waals surface area contributed by atoms with Crippen LogP contribution >= 0.6 is 23.7 Å². The molecule has 2 aromatic rings. The van der Waals surface area contributed by atoms with Gasteiger partial charge in [0.05, 0.1) is 0 Å². The zero-order chi connectivity index (χ0) is 18.2. The van der Waals surface area contributed by atoms with E-state index in [1.165, 1.54) is 41.4 Å². The summed E-state index contributed by atoms with van der Waals surface area (Å²) in [6.07, 6.45) is 0. The molecule has 0 heterocycles.